The molecule has 0 radical (unpaired) electrons. The molecule has 0 saturated heterocycles. The number of hydrogen-bond donors (Lipinski definition) is 3. The van der Waals surface area contributed by atoms with Crippen LogP contribution in [0.25, 0.3) is 0 Å². The topological polar surface area (TPSA) is 88.0 Å². The van der Waals surface area contributed by atoms with Crippen molar-refractivity contribution in [2.45, 2.75) is 20.8 Å². The highest BCUT2D eigenvalue weighted by atomic mass is 31.2. The van der Waals surface area contributed by atoms with Crippen molar-refractivity contribution in [1.29, 1.82) is 0 Å². The molecule has 0 aliphatic heterocycles. The largest absolute Gasteiger partial charge is 0.491 e. The molecule has 0 aliphatic carbocycles. The molecule has 2 aromatic carbocycles. The van der Waals surface area contributed by atoms with Crippen molar-refractivity contribution < 1.29 is 32.9 Å². The monoisotopic (exact) mass is 373 g/mol. The first-order valence-electron chi connectivity index (χ1n) is 7.35. The molecular weight excluding hydrogens is 355 g/mol. The van der Waals surface area contributed by atoms with Gasteiger partial charge in [-0.15, -0.1) is 5.25 Å². The van der Waals surface area contributed by atoms with E-state index < -0.39 is 19.2 Å². The van der Waals surface area contributed by atoms with Gasteiger partial charge in [0.2, 0.25) is 11.6 Å². The average molecular weight is 373 g/mol. The Balaban J connectivity index is 2.42. The predicted octanol–water partition coefficient (Wildman–Crippen LogP) is 3.56. The molecule has 1 unspecified atom stereocenters. The zero-order valence-electron chi connectivity index (χ0n) is 13.8. The van der Waals surface area contributed by atoms with E-state index in [0.29, 0.717) is 11.1 Å². The zero-order valence-corrected chi connectivity index (χ0v) is 14.7. The molecule has 136 valence electrons. The minimum absolute atomic E-state index is 0.0457. The lowest BCUT2D eigenvalue weighted by Gasteiger charge is -2.16. The molecule has 0 amide bonds. The summed E-state index contributed by atoms with van der Waals surface area (Å²) in [6, 6.07) is 5.13. The Kier molecular flexibility index (Phi) is 5.80. The Bertz CT molecular complexity index is 821. The maximum atomic E-state index is 14.2. The summed E-state index contributed by atoms with van der Waals surface area (Å²) in [5.41, 5.74) is 0.821. The van der Waals surface area contributed by atoms with Crippen molar-refractivity contribution in [2.75, 3.05) is 6.61 Å². The predicted molar refractivity (Wildman–Crippen MR) is 87.9 cm³/mol. The molecule has 0 spiro atoms. The average Bonchev–Trinajstić information content (AvgIpc) is 2.57. The number of halogens is 2. The molecule has 0 heterocycles. The maximum Gasteiger partial charge on any atom is 0.319 e. The molecule has 1 atom stereocenters. The highest BCUT2D eigenvalue weighted by Gasteiger charge is 2.23. The van der Waals surface area contributed by atoms with Gasteiger partial charge in [-0.05, 0) is 56.2 Å². The second kappa shape index (κ2) is 7.49. The summed E-state index contributed by atoms with van der Waals surface area (Å²) >= 11 is 0. The van der Waals surface area contributed by atoms with E-state index in [1.165, 1.54) is 29.5 Å². The molecule has 3 N–H and O–H groups in total. The molecule has 2 aromatic rings. The van der Waals surface area contributed by atoms with E-state index >= 15 is 0 Å². The lowest BCUT2D eigenvalue weighted by Crippen LogP contribution is -2.16. The van der Waals surface area contributed by atoms with Crippen LogP contribution in [0.1, 0.15) is 18.1 Å². The standard InChI is InChI=1S/C16H18F2NO5P/c1-4-23-12-5-6-13(15(18)14(12)17)24-16-9(2)7-11(8-10(16)3)25(21,22)19-20/h5-8,20H,4H2,1-3H3,(H2,19,21,22). The van der Waals surface area contributed by atoms with E-state index in [1.807, 2.05) is 0 Å². The summed E-state index contributed by atoms with van der Waals surface area (Å²) in [6.45, 7) is 4.99. The second-order valence-electron chi connectivity index (χ2n) is 5.31. The zero-order chi connectivity index (χ0) is 18.8. The number of aryl methyl sites for hydroxylation is 2. The summed E-state index contributed by atoms with van der Waals surface area (Å²) in [5, 5.41) is 10.1. The van der Waals surface area contributed by atoms with Crippen LogP contribution in [-0.4, -0.2) is 16.7 Å². The van der Waals surface area contributed by atoms with Gasteiger partial charge in [0.1, 0.15) is 5.75 Å². The quantitative estimate of drug-likeness (QED) is 0.530. The summed E-state index contributed by atoms with van der Waals surface area (Å²) in [5.74, 6) is -2.70. The first-order valence-corrected chi connectivity index (χ1v) is 9.01. The van der Waals surface area contributed by atoms with Gasteiger partial charge in [-0.2, -0.15) is 8.78 Å². The minimum Gasteiger partial charge on any atom is -0.491 e. The highest BCUT2D eigenvalue weighted by Crippen LogP contribution is 2.38. The fourth-order valence-electron chi connectivity index (χ4n) is 2.29. The summed E-state index contributed by atoms with van der Waals surface area (Å²) in [6.07, 6.45) is 0. The normalized spacial score (nSPS) is 13.4. The molecule has 2 rings (SSSR count). The third-order valence-electron chi connectivity index (χ3n) is 3.45. The van der Waals surface area contributed by atoms with Crippen LogP contribution < -0.4 is 20.0 Å². The fourth-order valence-corrected chi connectivity index (χ4v) is 3.14. The molecule has 0 aliphatic rings. The van der Waals surface area contributed by atoms with Crippen LogP contribution in [0, 0.1) is 25.5 Å². The lowest BCUT2D eigenvalue weighted by molar-refractivity contribution is 0.226. The lowest BCUT2D eigenvalue weighted by atomic mass is 10.1. The van der Waals surface area contributed by atoms with Gasteiger partial charge in [0.25, 0.3) is 0 Å². The van der Waals surface area contributed by atoms with Crippen LogP contribution in [0.3, 0.4) is 0 Å². The van der Waals surface area contributed by atoms with E-state index in [0.717, 1.165) is 0 Å². The van der Waals surface area contributed by atoms with Gasteiger partial charge >= 0.3 is 7.52 Å². The van der Waals surface area contributed by atoms with Crippen LogP contribution in [0.2, 0.25) is 0 Å². The first kappa shape index (κ1) is 19.3. The molecule has 6 nitrogen and oxygen atoms in total. The van der Waals surface area contributed by atoms with E-state index in [9.17, 15) is 18.2 Å². The van der Waals surface area contributed by atoms with Crippen molar-refractivity contribution in [3.8, 4) is 17.2 Å². The molecule has 9 heteroatoms. The molecule has 0 aromatic heterocycles. The van der Waals surface area contributed by atoms with Gasteiger partial charge in [-0.3, -0.25) is 4.57 Å². The van der Waals surface area contributed by atoms with Gasteiger partial charge in [0, 0.05) is 0 Å². The molecule has 0 fully saturated rings. The number of rotatable bonds is 6. The first-order chi connectivity index (χ1) is 11.7. The van der Waals surface area contributed by atoms with Gasteiger partial charge in [0.05, 0.1) is 11.9 Å². The maximum absolute atomic E-state index is 14.2. The van der Waals surface area contributed by atoms with E-state index in [1.54, 1.807) is 20.8 Å². The van der Waals surface area contributed by atoms with Crippen molar-refractivity contribution in [3.63, 3.8) is 0 Å². The number of benzene rings is 2. The Labute approximate surface area is 143 Å². The smallest absolute Gasteiger partial charge is 0.319 e. The molecule has 0 bridgehead atoms. The van der Waals surface area contributed by atoms with Gasteiger partial charge in [-0.1, -0.05) is 0 Å². The Morgan fingerprint density at radius 2 is 1.64 bits per heavy atom. The SMILES string of the molecule is CCOc1ccc(Oc2c(C)cc(P(=O)(O)NO)cc2C)c(F)c1F. The fraction of sp³-hybridized carbons (Fsp3) is 0.250. The third kappa shape index (κ3) is 3.99. The number of hydrogen-bond acceptors (Lipinski definition) is 4. The summed E-state index contributed by atoms with van der Waals surface area (Å²) < 4.78 is 50.3. The van der Waals surface area contributed by atoms with E-state index in [4.69, 9.17) is 14.7 Å². The van der Waals surface area contributed by atoms with Crippen molar-refractivity contribution in [3.05, 3.63) is 47.0 Å². The van der Waals surface area contributed by atoms with Crippen molar-refractivity contribution in [1.82, 2.24) is 5.25 Å². The highest BCUT2D eigenvalue weighted by molar-refractivity contribution is 7.63. The Morgan fingerprint density at radius 3 is 2.16 bits per heavy atom. The Hall–Kier alpha value is -1.99. The van der Waals surface area contributed by atoms with Gasteiger partial charge < -0.3 is 19.6 Å². The minimum atomic E-state index is -4.11. The molecule has 25 heavy (non-hydrogen) atoms. The van der Waals surface area contributed by atoms with Gasteiger partial charge in [0.15, 0.2) is 11.5 Å². The Morgan fingerprint density at radius 1 is 1.12 bits per heavy atom. The molecular formula is C16H18F2NO5P. The van der Waals surface area contributed by atoms with E-state index in [2.05, 4.69) is 0 Å². The van der Waals surface area contributed by atoms with Crippen LogP contribution in [0.5, 0.6) is 17.2 Å². The number of ether oxygens (including phenoxy) is 2. The van der Waals surface area contributed by atoms with Crippen molar-refractivity contribution in [2.24, 2.45) is 0 Å². The third-order valence-corrected chi connectivity index (χ3v) is 4.68. The van der Waals surface area contributed by atoms with Gasteiger partial charge in [-0.25, -0.2) is 0 Å². The summed E-state index contributed by atoms with van der Waals surface area (Å²) in [7, 11) is -4.11. The van der Waals surface area contributed by atoms with Crippen LogP contribution >= 0.6 is 7.52 Å². The van der Waals surface area contributed by atoms with Crippen molar-refractivity contribution >= 4 is 12.8 Å². The van der Waals surface area contributed by atoms with E-state index in [-0.39, 0.29) is 29.2 Å². The van der Waals surface area contributed by atoms with Crippen LogP contribution in [0.4, 0.5) is 8.78 Å². The number of nitrogens with one attached hydrogen (secondary N) is 1. The van der Waals surface area contributed by atoms with Crippen LogP contribution in [-0.2, 0) is 4.57 Å². The van der Waals surface area contributed by atoms with Crippen LogP contribution in [0.15, 0.2) is 24.3 Å². The summed E-state index contributed by atoms with van der Waals surface area (Å²) in [4.78, 5) is 9.62. The molecule has 0 saturated carbocycles. The second-order valence-corrected chi connectivity index (χ2v) is 7.18.